The number of carbonyl (C=O) groups excluding carboxylic acids is 1. The molecule has 10 heteroatoms. The number of fused-ring (bicyclic) bond motifs is 2. The van der Waals surface area contributed by atoms with Crippen molar-refractivity contribution in [1.29, 1.82) is 0 Å². The molecule has 0 unspecified atom stereocenters. The van der Waals surface area contributed by atoms with Crippen molar-refractivity contribution in [1.82, 2.24) is 15.0 Å². The van der Waals surface area contributed by atoms with Crippen LogP contribution in [0.5, 0.6) is 0 Å². The Morgan fingerprint density at radius 3 is 2.93 bits per heavy atom. The molecule has 0 aliphatic carbocycles. The molecule has 1 aliphatic heterocycles. The Morgan fingerprint density at radius 1 is 1.31 bits per heavy atom. The van der Waals surface area contributed by atoms with Gasteiger partial charge in [-0.15, -0.1) is 0 Å². The average molecular weight is 412 g/mol. The van der Waals surface area contributed by atoms with Gasteiger partial charge in [-0.3, -0.25) is 24.3 Å². The van der Waals surface area contributed by atoms with Crippen LogP contribution in [0.1, 0.15) is 28.2 Å². The van der Waals surface area contributed by atoms with Gasteiger partial charge in [0.05, 0.1) is 22.0 Å². The van der Waals surface area contributed by atoms with Gasteiger partial charge in [0.15, 0.2) is 0 Å². The van der Waals surface area contributed by atoms with Crippen molar-refractivity contribution in [3.05, 3.63) is 78.8 Å². The van der Waals surface area contributed by atoms with E-state index in [0.717, 1.165) is 18.7 Å². The highest BCUT2D eigenvalue weighted by Crippen LogP contribution is 2.20. The Hall–Kier alpha value is -3.59. The molecule has 2 heterocycles. The van der Waals surface area contributed by atoms with E-state index >= 15 is 0 Å². The molecule has 29 heavy (non-hydrogen) atoms. The zero-order valence-electron chi connectivity index (χ0n) is 15.0. The van der Waals surface area contributed by atoms with Crippen LogP contribution in [-0.4, -0.2) is 26.6 Å². The minimum atomic E-state index is -0.548. The molecule has 9 nitrogen and oxygen atoms in total. The van der Waals surface area contributed by atoms with Crippen LogP contribution in [0.2, 0.25) is 5.02 Å². The summed E-state index contributed by atoms with van der Waals surface area (Å²) in [6, 6.07) is 8.56. The lowest BCUT2D eigenvalue weighted by Gasteiger charge is -2.06. The zero-order valence-corrected chi connectivity index (χ0v) is 15.7. The lowest BCUT2D eigenvalue weighted by molar-refractivity contribution is -0.384. The summed E-state index contributed by atoms with van der Waals surface area (Å²) in [5.41, 5.74) is 3.15. The number of nitrogens with zero attached hydrogens (tertiary/aromatic N) is 4. The molecular formula is C19H14ClN5O4. The number of non-ortho nitro benzene ring substituents is 1. The fraction of sp³-hybridized carbons (Fsp3) is 0.158. The Morgan fingerprint density at radius 2 is 2.14 bits per heavy atom. The van der Waals surface area contributed by atoms with Gasteiger partial charge in [-0.05, 0) is 30.7 Å². The highest BCUT2D eigenvalue weighted by Gasteiger charge is 2.17. The molecule has 1 N–H and O–H groups in total. The molecule has 0 spiro atoms. The van der Waals surface area contributed by atoms with Gasteiger partial charge >= 0.3 is 0 Å². The van der Waals surface area contributed by atoms with Gasteiger partial charge in [-0.25, -0.2) is 10.4 Å². The van der Waals surface area contributed by atoms with E-state index < -0.39 is 10.8 Å². The van der Waals surface area contributed by atoms with Crippen LogP contribution in [-0.2, 0) is 13.0 Å². The van der Waals surface area contributed by atoms with Crippen LogP contribution < -0.4 is 11.0 Å². The van der Waals surface area contributed by atoms with Crippen molar-refractivity contribution in [2.75, 3.05) is 0 Å². The maximum Gasteiger partial charge on any atom is 0.271 e. The molecule has 0 saturated carbocycles. The van der Waals surface area contributed by atoms with Gasteiger partial charge in [0.1, 0.15) is 5.82 Å². The van der Waals surface area contributed by atoms with Crippen LogP contribution in [0.4, 0.5) is 5.69 Å². The maximum atomic E-state index is 12.5. The van der Waals surface area contributed by atoms with E-state index in [-0.39, 0.29) is 21.8 Å². The molecule has 0 saturated heterocycles. The highest BCUT2D eigenvalue weighted by atomic mass is 35.5. The second-order valence-electron chi connectivity index (χ2n) is 6.48. The number of halogens is 1. The van der Waals surface area contributed by atoms with Crippen molar-refractivity contribution < 1.29 is 9.72 Å². The van der Waals surface area contributed by atoms with Crippen LogP contribution >= 0.6 is 11.6 Å². The molecule has 0 atom stereocenters. The molecule has 1 aliphatic rings. The summed E-state index contributed by atoms with van der Waals surface area (Å²) < 4.78 is 1.66. The summed E-state index contributed by atoms with van der Waals surface area (Å²) in [6.45, 7) is 0.661. The molecule has 0 bridgehead atoms. The quantitative estimate of drug-likeness (QED) is 0.402. The van der Waals surface area contributed by atoms with Gasteiger partial charge in [0.2, 0.25) is 0 Å². The van der Waals surface area contributed by atoms with Gasteiger partial charge in [0, 0.05) is 41.2 Å². The normalized spacial score (nSPS) is 13.0. The number of hydrogen-bond donors (Lipinski definition) is 1. The second-order valence-corrected chi connectivity index (χ2v) is 6.89. The molecule has 146 valence electrons. The van der Waals surface area contributed by atoms with Crippen molar-refractivity contribution in [2.45, 2.75) is 19.4 Å². The first-order valence-electron chi connectivity index (χ1n) is 8.75. The van der Waals surface area contributed by atoms with E-state index in [0.29, 0.717) is 23.0 Å². The van der Waals surface area contributed by atoms with E-state index in [4.69, 9.17) is 11.6 Å². The third-order valence-corrected chi connectivity index (χ3v) is 4.98. The van der Waals surface area contributed by atoms with Crippen LogP contribution in [0.25, 0.3) is 10.9 Å². The predicted octanol–water partition coefficient (Wildman–Crippen LogP) is 2.67. The third kappa shape index (κ3) is 3.59. The number of hydrogen-bond acceptors (Lipinski definition) is 6. The first-order chi connectivity index (χ1) is 13.9. The van der Waals surface area contributed by atoms with Gasteiger partial charge in [-0.1, -0.05) is 11.6 Å². The number of benzene rings is 2. The van der Waals surface area contributed by atoms with Crippen LogP contribution in [0.3, 0.4) is 0 Å². The molecule has 1 amide bonds. The van der Waals surface area contributed by atoms with E-state index in [1.807, 2.05) is 0 Å². The summed E-state index contributed by atoms with van der Waals surface area (Å²) in [5.74, 6) is 0.213. The Labute approximate surface area is 168 Å². The Kier molecular flexibility index (Phi) is 4.81. The molecular weight excluding hydrogens is 398 g/mol. The van der Waals surface area contributed by atoms with Crippen molar-refractivity contribution in [2.24, 2.45) is 5.10 Å². The monoisotopic (exact) mass is 411 g/mol. The SMILES string of the molecule is O=C(N/N=C\c1cc([N+](=O)[O-])ccc1Cl)c1ccc2c(=O)n3c(nc2c1)CCC3. The summed E-state index contributed by atoms with van der Waals surface area (Å²) in [5, 5.41) is 15.4. The molecule has 2 aromatic carbocycles. The average Bonchev–Trinajstić information content (AvgIpc) is 3.17. The number of nitro groups is 1. The number of nitro benzene ring substituents is 1. The Balaban J connectivity index is 1.56. The minimum Gasteiger partial charge on any atom is -0.296 e. The highest BCUT2D eigenvalue weighted by molar-refractivity contribution is 6.33. The molecule has 3 aromatic rings. The van der Waals surface area contributed by atoms with Gasteiger partial charge in [-0.2, -0.15) is 5.10 Å². The van der Waals surface area contributed by atoms with Crippen molar-refractivity contribution in [3.63, 3.8) is 0 Å². The van der Waals surface area contributed by atoms with Crippen molar-refractivity contribution in [3.8, 4) is 0 Å². The van der Waals surface area contributed by atoms with E-state index in [1.54, 1.807) is 16.7 Å². The van der Waals surface area contributed by atoms with Crippen LogP contribution in [0.15, 0.2) is 46.3 Å². The smallest absolute Gasteiger partial charge is 0.271 e. The molecule has 1 aromatic heterocycles. The van der Waals surface area contributed by atoms with Crippen molar-refractivity contribution >= 4 is 40.3 Å². The maximum absolute atomic E-state index is 12.5. The molecule has 4 rings (SSSR count). The summed E-state index contributed by atoms with van der Waals surface area (Å²) in [6.07, 6.45) is 2.84. The first kappa shape index (κ1) is 18.8. The van der Waals surface area contributed by atoms with E-state index in [2.05, 4.69) is 15.5 Å². The zero-order chi connectivity index (χ0) is 20.5. The molecule has 0 fully saturated rings. The predicted molar refractivity (Wildman–Crippen MR) is 107 cm³/mol. The van der Waals surface area contributed by atoms with E-state index in [9.17, 15) is 19.7 Å². The van der Waals surface area contributed by atoms with Gasteiger partial charge in [0.25, 0.3) is 17.2 Å². The van der Waals surface area contributed by atoms with E-state index in [1.165, 1.54) is 30.5 Å². The lowest BCUT2D eigenvalue weighted by atomic mass is 10.1. The number of aromatic nitrogens is 2. The number of hydrazone groups is 1. The largest absolute Gasteiger partial charge is 0.296 e. The summed E-state index contributed by atoms with van der Waals surface area (Å²) >= 11 is 5.99. The summed E-state index contributed by atoms with van der Waals surface area (Å²) in [4.78, 5) is 39.6. The standard InChI is InChI=1S/C19H14ClN5O4/c20-15-6-4-13(25(28)29)8-12(15)10-21-23-18(26)11-3-5-14-16(9-11)22-17-2-1-7-24(17)19(14)27/h3-6,8-10H,1-2,7H2,(H,23,26)/b21-10-. The number of aryl methyl sites for hydroxylation is 1. The molecule has 0 radical (unpaired) electrons. The fourth-order valence-corrected chi connectivity index (χ4v) is 3.36. The number of rotatable bonds is 4. The fourth-order valence-electron chi connectivity index (χ4n) is 3.19. The number of nitrogens with one attached hydrogen (secondary N) is 1. The van der Waals surface area contributed by atoms with Gasteiger partial charge < -0.3 is 0 Å². The summed E-state index contributed by atoms with van der Waals surface area (Å²) in [7, 11) is 0. The number of carbonyl (C=O) groups is 1. The minimum absolute atomic E-state index is 0.104. The lowest BCUT2D eigenvalue weighted by Crippen LogP contribution is -2.22. The second kappa shape index (κ2) is 7.44. The van der Waals surface area contributed by atoms with Crippen LogP contribution in [0, 0.1) is 10.1 Å². The number of amides is 1. The first-order valence-corrected chi connectivity index (χ1v) is 9.12. The topological polar surface area (TPSA) is 119 Å². The Bertz CT molecular complexity index is 1250. The third-order valence-electron chi connectivity index (χ3n) is 4.64.